The van der Waals surface area contributed by atoms with Crippen molar-refractivity contribution in [1.82, 2.24) is 5.32 Å². The molecule has 1 saturated carbocycles. The van der Waals surface area contributed by atoms with Crippen molar-refractivity contribution in [3.05, 3.63) is 23.9 Å². The molecule has 80 valence electrons. The first-order valence-corrected chi connectivity index (χ1v) is 5.75. The number of hydrogen-bond acceptors (Lipinski definition) is 1. The van der Waals surface area contributed by atoms with Crippen molar-refractivity contribution in [2.24, 2.45) is 5.92 Å². The highest BCUT2D eigenvalue weighted by Crippen LogP contribution is 2.22. The molecule has 1 rings (SSSR count). The quantitative estimate of drug-likeness (QED) is 0.672. The van der Waals surface area contributed by atoms with Crippen molar-refractivity contribution in [3.8, 4) is 0 Å². The SMILES string of the molecule is C=C/C(C)=C(\NC1CCCC1)C(C)C. The molecule has 1 aliphatic carbocycles. The molecule has 0 radical (unpaired) electrons. The first-order valence-electron chi connectivity index (χ1n) is 5.75. The molecule has 0 aromatic heterocycles. The second kappa shape index (κ2) is 5.23. The predicted molar refractivity (Wildman–Crippen MR) is 63.1 cm³/mol. The Morgan fingerprint density at radius 3 is 2.36 bits per heavy atom. The van der Waals surface area contributed by atoms with Crippen LogP contribution in [0, 0.1) is 5.92 Å². The maximum atomic E-state index is 3.84. The topological polar surface area (TPSA) is 12.0 Å². The summed E-state index contributed by atoms with van der Waals surface area (Å²) < 4.78 is 0. The van der Waals surface area contributed by atoms with Crippen LogP contribution < -0.4 is 5.32 Å². The molecule has 1 heteroatoms. The number of nitrogens with one attached hydrogen (secondary N) is 1. The molecule has 0 spiro atoms. The van der Waals surface area contributed by atoms with Gasteiger partial charge in [0.15, 0.2) is 0 Å². The van der Waals surface area contributed by atoms with Gasteiger partial charge in [0, 0.05) is 11.7 Å². The molecule has 14 heavy (non-hydrogen) atoms. The summed E-state index contributed by atoms with van der Waals surface area (Å²) in [5.74, 6) is 0.577. The fourth-order valence-corrected chi connectivity index (χ4v) is 2.14. The van der Waals surface area contributed by atoms with Crippen molar-refractivity contribution in [3.63, 3.8) is 0 Å². The maximum Gasteiger partial charge on any atom is 0.0258 e. The Bertz CT molecular complexity index is 219. The van der Waals surface area contributed by atoms with E-state index in [4.69, 9.17) is 0 Å². The van der Waals surface area contributed by atoms with Crippen molar-refractivity contribution in [1.29, 1.82) is 0 Å². The van der Waals surface area contributed by atoms with Crippen LogP contribution in [0.2, 0.25) is 0 Å². The first-order chi connectivity index (χ1) is 6.65. The number of hydrogen-bond donors (Lipinski definition) is 1. The van der Waals surface area contributed by atoms with Crippen LogP contribution in [0.3, 0.4) is 0 Å². The van der Waals surface area contributed by atoms with Crippen molar-refractivity contribution in [2.75, 3.05) is 0 Å². The number of rotatable bonds is 4. The third-order valence-electron chi connectivity index (χ3n) is 3.02. The Morgan fingerprint density at radius 2 is 1.93 bits per heavy atom. The molecular weight excluding hydrogens is 170 g/mol. The summed E-state index contributed by atoms with van der Waals surface area (Å²) in [5.41, 5.74) is 2.68. The van der Waals surface area contributed by atoms with Crippen LogP contribution in [0.4, 0.5) is 0 Å². The predicted octanol–water partition coefficient (Wildman–Crippen LogP) is 3.63. The van der Waals surface area contributed by atoms with Gasteiger partial charge in [-0.3, -0.25) is 0 Å². The van der Waals surface area contributed by atoms with Crippen LogP contribution in [-0.2, 0) is 0 Å². The third kappa shape index (κ3) is 2.90. The summed E-state index contributed by atoms with van der Waals surface area (Å²) in [5, 5.41) is 3.67. The molecule has 0 unspecified atom stereocenters. The lowest BCUT2D eigenvalue weighted by Gasteiger charge is -2.21. The lowest BCUT2D eigenvalue weighted by atomic mass is 10.0. The lowest BCUT2D eigenvalue weighted by molar-refractivity contribution is 0.532. The summed E-state index contributed by atoms with van der Waals surface area (Å²) in [4.78, 5) is 0. The van der Waals surface area contributed by atoms with Crippen LogP contribution >= 0.6 is 0 Å². The molecule has 1 aliphatic rings. The zero-order valence-corrected chi connectivity index (χ0v) is 9.77. The van der Waals surface area contributed by atoms with Gasteiger partial charge in [-0.15, -0.1) is 0 Å². The van der Waals surface area contributed by atoms with Crippen molar-refractivity contribution < 1.29 is 0 Å². The van der Waals surface area contributed by atoms with E-state index in [1.54, 1.807) is 0 Å². The highest BCUT2D eigenvalue weighted by molar-refractivity contribution is 5.22. The zero-order chi connectivity index (χ0) is 10.6. The fourth-order valence-electron chi connectivity index (χ4n) is 2.14. The average Bonchev–Trinajstić information content (AvgIpc) is 2.65. The minimum atomic E-state index is 0.577. The summed E-state index contributed by atoms with van der Waals surface area (Å²) in [6.07, 6.45) is 7.39. The van der Waals surface area contributed by atoms with Gasteiger partial charge in [0.2, 0.25) is 0 Å². The van der Waals surface area contributed by atoms with E-state index in [-0.39, 0.29) is 0 Å². The van der Waals surface area contributed by atoms with Crippen LogP contribution in [0.5, 0.6) is 0 Å². The Kier molecular flexibility index (Phi) is 4.24. The average molecular weight is 193 g/mol. The first kappa shape index (κ1) is 11.4. The minimum Gasteiger partial charge on any atom is -0.385 e. The van der Waals surface area contributed by atoms with Gasteiger partial charge in [-0.1, -0.05) is 39.3 Å². The molecule has 0 aliphatic heterocycles. The molecule has 0 aromatic rings. The summed E-state index contributed by atoms with van der Waals surface area (Å²) in [6.45, 7) is 10.5. The van der Waals surface area contributed by atoms with E-state index in [1.165, 1.54) is 37.0 Å². The van der Waals surface area contributed by atoms with Crippen LogP contribution in [0.25, 0.3) is 0 Å². The maximum absolute atomic E-state index is 3.84. The number of allylic oxidation sites excluding steroid dienone is 3. The second-order valence-corrected chi connectivity index (χ2v) is 4.58. The van der Waals surface area contributed by atoms with Gasteiger partial charge in [-0.2, -0.15) is 0 Å². The van der Waals surface area contributed by atoms with Gasteiger partial charge in [0.05, 0.1) is 0 Å². The highest BCUT2D eigenvalue weighted by atomic mass is 14.9. The van der Waals surface area contributed by atoms with Gasteiger partial charge < -0.3 is 5.32 Å². The van der Waals surface area contributed by atoms with Gasteiger partial charge in [-0.25, -0.2) is 0 Å². The van der Waals surface area contributed by atoms with Crippen molar-refractivity contribution in [2.45, 2.75) is 52.5 Å². The Balaban J connectivity index is 2.64. The van der Waals surface area contributed by atoms with Gasteiger partial charge in [0.1, 0.15) is 0 Å². The smallest absolute Gasteiger partial charge is 0.0258 e. The van der Waals surface area contributed by atoms with E-state index < -0.39 is 0 Å². The summed E-state index contributed by atoms with van der Waals surface area (Å²) in [7, 11) is 0. The highest BCUT2D eigenvalue weighted by Gasteiger charge is 2.17. The molecule has 0 aromatic carbocycles. The fraction of sp³-hybridized carbons (Fsp3) is 0.692. The largest absolute Gasteiger partial charge is 0.385 e. The Hall–Kier alpha value is -0.720. The minimum absolute atomic E-state index is 0.577. The van der Waals surface area contributed by atoms with E-state index in [9.17, 15) is 0 Å². The van der Waals surface area contributed by atoms with Gasteiger partial charge in [-0.05, 0) is 31.3 Å². The van der Waals surface area contributed by atoms with E-state index in [1.807, 2.05) is 6.08 Å². The summed E-state index contributed by atoms with van der Waals surface area (Å²) >= 11 is 0. The molecule has 1 nitrogen and oxygen atoms in total. The van der Waals surface area contributed by atoms with Crippen LogP contribution in [0.15, 0.2) is 23.9 Å². The normalized spacial score (nSPS) is 19.7. The summed E-state index contributed by atoms with van der Waals surface area (Å²) in [6, 6.07) is 0.710. The van der Waals surface area contributed by atoms with Crippen LogP contribution in [-0.4, -0.2) is 6.04 Å². The third-order valence-corrected chi connectivity index (χ3v) is 3.02. The Morgan fingerprint density at radius 1 is 1.36 bits per heavy atom. The van der Waals surface area contributed by atoms with E-state index in [2.05, 4.69) is 32.7 Å². The second-order valence-electron chi connectivity index (χ2n) is 4.58. The molecule has 1 N–H and O–H groups in total. The molecule has 0 heterocycles. The standard InChI is InChI=1S/C13H23N/c1-5-11(4)13(10(2)3)14-12-8-6-7-9-12/h5,10,12,14H,1,6-9H2,2-4H3/b13-11-. The Labute approximate surface area is 88.3 Å². The molecular formula is C13H23N. The van der Waals surface area contributed by atoms with E-state index in [0.717, 1.165) is 0 Å². The van der Waals surface area contributed by atoms with Gasteiger partial charge in [0.25, 0.3) is 0 Å². The molecule has 0 atom stereocenters. The monoisotopic (exact) mass is 193 g/mol. The van der Waals surface area contributed by atoms with Crippen molar-refractivity contribution >= 4 is 0 Å². The molecule has 0 amide bonds. The van der Waals surface area contributed by atoms with Gasteiger partial charge >= 0.3 is 0 Å². The molecule has 1 fully saturated rings. The van der Waals surface area contributed by atoms with Crippen LogP contribution in [0.1, 0.15) is 46.5 Å². The van der Waals surface area contributed by atoms with E-state index in [0.29, 0.717) is 12.0 Å². The lowest BCUT2D eigenvalue weighted by Crippen LogP contribution is -2.28. The van der Waals surface area contributed by atoms with E-state index >= 15 is 0 Å². The molecule has 0 bridgehead atoms. The molecule has 0 saturated heterocycles. The zero-order valence-electron chi connectivity index (χ0n) is 9.77.